The molecule has 23 heteroatoms. The average molecular weight is 1200 g/mol. The van der Waals surface area contributed by atoms with Gasteiger partial charge in [0.15, 0.2) is 0 Å². The van der Waals surface area contributed by atoms with E-state index in [2.05, 4.69) is 35.9 Å². The van der Waals surface area contributed by atoms with Gasteiger partial charge in [-0.2, -0.15) is 0 Å². The summed E-state index contributed by atoms with van der Waals surface area (Å²) in [5.41, 5.74) is 8.39. The number of para-hydroxylation sites is 1. The number of hydrogen-bond donors (Lipinski definition) is 1. The maximum atomic E-state index is 12.1. The van der Waals surface area contributed by atoms with Crippen LogP contribution in [0.1, 0.15) is 63.8 Å². The van der Waals surface area contributed by atoms with E-state index in [0.29, 0.717) is 86.4 Å². The molecule has 5 aromatic carbocycles. The summed E-state index contributed by atoms with van der Waals surface area (Å²) in [5, 5.41) is 37.6. The van der Waals surface area contributed by atoms with Crippen molar-refractivity contribution in [3.63, 3.8) is 0 Å². The molecular weight excluding hydrogens is 1140 g/mol. The number of nitrogens with zero attached hydrogens (tertiary/aromatic N) is 6. The van der Waals surface area contributed by atoms with Gasteiger partial charge in [-0.05, 0) is 116 Å². The lowest BCUT2D eigenvalue weighted by atomic mass is 10.1. The number of amides is 1. The van der Waals surface area contributed by atoms with Crippen molar-refractivity contribution in [2.75, 3.05) is 44.8 Å². The van der Waals surface area contributed by atoms with Crippen LogP contribution in [0.2, 0.25) is 20.1 Å². The Bertz CT molecular complexity index is 2920. The van der Waals surface area contributed by atoms with Gasteiger partial charge in [0.1, 0.15) is 5.75 Å². The first-order valence-electron chi connectivity index (χ1n) is 25.0. The predicted octanol–water partition coefficient (Wildman–Crippen LogP) is 12.7. The highest BCUT2D eigenvalue weighted by Crippen LogP contribution is 2.36. The number of hydrogen-bond acceptors (Lipinski definition) is 14. The molecule has 0 saturated carbocycles. The lowest BCUT2D eigenvalue weighted by molar-refractivity contribution is -0.385. The summed E-state index contributed by atoms with van der Waals surface area (Å²) in [6.45, 7) is 15.0. The zero-order valence-corrected chi connectivity index (χ0v) is 47.3. The SMILES string of the molecule is Cc1c(Cl)cc(NC(=O)Oc2ccccc2)cc1CN1CC2CC1CO2.Cc1c(Cl)cc([N+](=O)[O-])cc1CBr.Cc1c(Cl)cc([N+](=O)[O-])cc1CN1CC2CC1CO2.Cc1c(Cl)cc([N+](=O)[O-])cc1CN1CC2CC1CO2. The van der Waals surface area contributed by atoms with Crippen LogP contribution in [-0.4, -0.2) is 111 Å². The van der Waals surface area contributed by atoms with Crippen molar-refractivity contribution in [2.24, 2.45) is 0 Å². The summed E-state index contributed by atoms with van der Waals surface area (Å²) in [7, 11) is 0. The molecule has 6 saturated heterocycles. The monoisotopic (exact) mass is 1200 g/mol. The van der Waals surface area contributed by atoms with Crippen molar-refractivity contribution < 1.29 is 38.5 Å². The highest BCUT2D eigenvalue weighted by atomic mass is 79.9. The van der Waals surface area contributed by atoms with E-state index in [1.807, 2.05) is 52.0 Å². The quantitative estimate of drug-likeness (QED) is 0.0701. The second-order valence-corrected chi connectivity index (χ2v) is 22.1. The maximum Gasteiger partial charge on any atom is 0.417 e. The number of nitro groups is 3. The van der Waals surface area contributed by atoms with Crippen LogP contribution in [0.4, 0.5) is 27.5 Å². The third-order valence-corrected chi connectivity index (χ3v) is 17.1. The number of nitrogens with one attached hydrogen (secondary N) is 1. The number of carbonyl (C=O) groups is 1. The van der Waals surface area contributed by atoms with E-state index in [-0.39, 0.29) is 17.1 Å². The molecule has 0 radical (unpaired) electrons. The number of non-ortho nitro benzene ring substituents is 3. The summed E-state index contributed by atoms with van der Waals surface area (Å²) in [6.07, 6.45) is 3.74. The minimum Gasteiger partial charge on any atom is -0.410 e. The molecule has 6 aliphatic rings. The molecule has 6 aliphatic heterocycles. The van der Waals surface area contributed by atoms with Crippen LogP contribution in [0, 0.1) is 58.0 Å². The van der Waals surface area contributed by atoms with Crippen LogP contribution in [0.25, 0.3) is 0 Å². The normalized spacial score (nSPS) is 21.9. The van der Waals surface area contributed by atoms with Crippen LogP contribution in [0.3, 0.4) is 0 Å². The minimum atomic E-state index is -0.532. The number of anilines is 1. The van der Waals surface area contributed by atoms with Gasteiger partial charge < -0.3 is 18.9 Å². The molecule has 11 rings (SSSR count). The molecule has 6 heterocycles. The molecule has 0 aliphatic carbocycles. The molecular formula is C54H58BrCl4N7O11. The Balaban J connectivity index is 0.000000140. The van der Waals surface area contributed by atoms with E-state index in [0.717, 1.165) is 110 Å². The van der Waals surface area contributed by atoms with Crippen molar-refractivity contribution in [2.45, 2.75) is 108 Å². The number of nitro benzene ring substituents is 3. The number of morpholine rings is 3. The molecule has 0 spiro atoms. The number of ether oxygens (including phenoxy) is 4. The van der Waals surface area contributed by atoms with Gasteiger partial charge in [0.05, 0.1) is 68.0 Å². The first kappa shape index (κ1) is 58.1. The fourth-order valence-electron chi connectivity index (χ4n) is 10.3. The topological polar surface area (TPSA) is 205 Å². The van der Waals surface area contributed by atoms with Gasteiger partial charge in [0.2, 0.25) is 0 Å². The molecule has 18 nitrogen and oxygen atoms in total. The van der Waals surface area contributed by atoms with Gasteiger partial charge in [0, 0.05) is 110 Å². The van der Waals surface area contributed by atoms with Crippen molar-refractivity contribution >= 4 is 91.2 Å². The van der Waals surface area contributed by atoms with Crippen molar-refractivity contribution in [3.8, 4) is 5.75 Å². The van der Waals surface area contributed by atoms with Crippen LogP contribution >= 0.6 is 62.3 Å². The van der Waals surface area contributed by atoms with Gasteiger partial charge in [-0.3, -0.25) is 50.4 Å². The molecule has 5 aromatic rings. The van der Waals surface area contributed by atoms with Gasteiger partial charge in [-0.15, -0.1) is 0 Å². The van der Waals surface area contributed by atoms with E-state index in [1.54, 1.807) is 30.3 Å². The zero-order valence-electron chi connectivity index (χ0n) is 42.7. The van der Waals surface area contributed by atoms with E-state index in [4.69, 9.17) is 65.4 Å². The number of fused-ring (bicyclic) bond motifs is 6. The molecule has 410 valence electrons. The second-order valence-electron chi connectivity index (χ2n) is 19.9. The Morgan fingerprint density at radius 3 is 1.26 bits per heavy atom. The number of carbonyl (C=O) groups excluding carboxylic acids is 1. The standard InChI is InChI=1S/C20H21ClN2O3.2C13H15ClN2O3.C8H7BrClNO2/c1-13-14(10-23-11-18-9-16(23)12-25-18)7-15(8-19(13)21)22-20(24)26-17-5-3-2-4-6-17;2*1-8-9(2-10(16(17)18)4-13(8)14)5-15-6-12-3-11(15)7-19-12;1-5-6(4-9)2-7(11(12)13)3-8(5)10/h2-8,16,18H,9-12H2,1H3,(H,22,24);2*2,4,11-12H,3,5-7H2,1H3;2-3H,4H2,1H3. The van der Waals surface area contributed by atoms with Crippen molar-refractivity contribution in [1.29, 1.82) is 0 Å². The number of rotatable bonds is 12. The predicted molar refractivity (Wildman–Crippen MR) is 299 cm³/mol. The molecule has 1 N–H and O–H groups in total. The average Bonchev–Trinajstić information content (AvgIpc) is 4.29. The van der Waals surface area contributed by atoms with Crippen LogP contribution in [-0.2, 0) is 39.2 Å². The van der Waals surface area contributed by atoms with E-state index in [9.17, 15) is 35.1 Å². The summed E-state index contributed by atoms with van der Waals surface area (Å²) in [5.74, 6) is 0.497. The highest BCUT2D eigenvalue weighted by molar-refractivity contribution is 9.08. The first-order valence-corrected chi connectivity index (χ1v) is 27.6. The molecule has 6 unspecified atom stereocenters. The number of benzene rings is 5. The maximum absolute atomic E-state index is 12.1. The third kappa shape index (κ3) is 14.6. The Morgan fingerprint density at radius 1 is 0.571 bits per heavy atom. The van der Waals surface area contributed by atoms with Gasteiger partial charge in [-0.25, -0.2) is 4.79 Å². The molecule has 1 amide bonds. The van der Waals surface area contributed by atoms with Crippen molar-refractivity contribution in [3.05, 3.63) is 174 Å². The zero-order chi connectivity index (χ0) is 55.2. The third-order valence-electron chi connectivity index (χ3n) is 14.9. The first-order chi connectivity index (χ1) is 36.7. The summed E-state index contributed by atoms with van der Waals surface area (Å²) >= 11 is 27.6. The fourth-order valence-corrected chi connectivity index (χ4v) is 11.8. The van der Waals surface area contributed by atoms with Gasteiger partial charge >= 0.3 is 6.09 Å². The summed E-state index contributed by atoms with van der Waals surface area (Å²) < 4.78 is 22.1. The largest absolute Gasteiger partial charge is 0.417 e. The smallest absolute Gasteiger partial charge is 0.410 e. The van der Waals surface area contributed by atoms with Crippen LogP contribution in [0.15, 0.2) is 78.9 Å². The lowest BCUT2D eigenvalue weighted by Gasteiger charge is -2.27. The molecule has 6 bridgehead atoms. The van der Waals surface area contributed by atoms with Crippen molar-refractivity contribution in [1.82, 2.24) is 14.7 Å². The summed E-state index contributed by atoms with van der Waals surface area (Å²) in [4.78, 5) is 50.2. The lowest BCUT2D eigenvalue weighted by Crippen LogP contribution is -2.36. The van der Waals surface area contributed by atoms with Crippen LogP contribution in [0.5, 0.6) is 5.75 Å². The molecule has 77 heavy (non-hydrogen) atoms. The Hall–Kier alpha value is -5.03. The molecule has 6 atom stereocenters. The second kappa shape index (κ2) is 25.8. The molecule has 6 fully saturated rings. The molecule has 0 aromatic heterocycles. The Morgan fingerprint density at radius 2 is 0.922 bits per heavy atom. The highest BCUT2D eigenvalue weighted by Gasteiger charge is 2.41. The fraction of sp³-hybridized carbons (Fsp3) is 0.426. The van der Waals surface area contributed by atoms with E-state index < -0.39 is 20.9 Å². The Kier molecular flexibility index (Phi) is 19.5. The summed E-state index contributed by atoms with van der Waals surface area (Å²) in [6, 6.07) is 23.1. The van der Waals surface area contributed by atoms with E-state index >= 15 is 0 Å². The number of alkyl halides is 1. The number of likely N-dealkylation sites (tertiary alicyclic amines) is 3. The van der Waals surface area contributed by atoms with Crippen LogP contribution < -0.4 is 10.1 Å². The van der Waals surface area contributed by atoms with Gasteiger partial charge in [0.25, 0.3) is 17.1 Å². The number of halogens is 5. The minimum absolute atomic E-state index is 0.0325. The van der Waals surface area contributed by atoms with E-state index in [1.165, 1.54) is 24.3 Å². The Labute approximate surface area is 474 Å². The van der Waals surface area contributed by atoms with Gasteiger partial charge in [-0.1, -0.05) is 80.5 Å².